The number of carbonyl (C=O) groups is 1. The van der Waals surface area contributed by atoms with E-state index in [-0.39, 0.29) is 5.91 Å². The highest BCUT2D eigenvalue weighted by Crippen LogP contribution is 2.25. The van der Waals surface area contributed by atoms with Crippen LogP contribution in [0.1, 0.15) is 22.7 Å². The summed E-state index contributed by atoms with van der Waals surface area (Å²) in [5.74, 6) is 0.953. The number of aryl methyl sites for hydroxylation is 2. The predicted octanol–water partition coefficient (Wildman–Crippen LogP) is 3.05. The second kappa shape index (κ2) is 7.15. The summed E-state index contributed by atoms with van der Waals surface area (Å²) in [4.78, 5) is 22.8. The molecule has 3 aromatic rings. The third kappa shape index (κ3) is 3.79. The van der Waals surface area contributed by atoms with Crippen molar-refractivity contribution in [3.05, 3.63) is 71.8 Å². The summed E-state index contributed by atoms with van der Waals surface area (Å²) in [5, 5.41) is 4.44. The lowest BCUT2D eigenvalue weighted by molar-refractivity contribution is -0.130. The van der Waals surface area contributed by atoms with E-state index in [1.54, 1.807) is 28.3 Å². The summed E-state index contributed by atoms with van der Waals surface area (Å²) in [5.41, 5.74) is 4.37. The maximum Gasteiger partial charge on any atom is 0.248 e. The van der Waals surface area contributed by atoms with Gasteiger partial charge in [0.2, 0.25) is 5.91 Å². The van der Waals surface area contributed by atoms with E-state index in [4.69, 9.17) is 0 Å². The molecule has 0 aliphatic carbocycles. The quantitative estimate of drug-likeness (QED) is 0.672. The van der Waals surface area contributed by atoms with Crippen molar-refractivity contribution in [3.8, 4) is 11.4 Å². The highest BCUT2D eigenvalue weighted by Gasteiger charge is 2.31. The van der Waals surface area contributed by atoms with E-state index in [9.17, 15) is 4.79 Å². The number of likely N-dealkylation sites (tertiary alicyclic amines) is 1. The molecule has 0 spiro atoms. The van der Waals surface area contributed by atoms with Gasteiger partial charge in [-0.1, -0.05) is 23.3 Å². The van der Waals surface area contributed by atoms with Crippen molar-refractivity contribution in [2.24, 2.45) is 0 Å². The molecule has 1 aliphatic rings. The van der Waals surface area contributed by atoms with E-state index in [0.29, 0.717) is 24.8 Å². The standard InChI is InChI=1S/C21H21N5O/c1-15-9-16(2)11-17(10-15)21-23-14-26(24-21)8-6-20(27)25-12-18(13-25)19-5-3-4-7-22-19/h3-11,14,18H,12-13H2,1-2H3/b8-6-. The van der Waals surface area contributed by atoms with E-state index in [2.05, 4.69) is 47.1 Å². The van der Waals surface area contributed by atoms with Crippen molar-refractivity contribution in [2.75, 3.05) is 13.1 Å². The molecule has 1 fully saturated rings. The van der Waals surface area contributed by atoms with Crippen LogP contribution in [0.15, 0.2) is 55.0 Å². The molecule has 0 radical (unpaired) electrons. The van der Waals surface area contributed by atoms with Gasteiger partial charge in [-0.2, -0.15) is 0 Å². The molecule has 27 heavy (non-hydrogen) atoms. The van der Waals surface area contributed by atoms with E-state index < -0.39 is 0 Å². The average molecular weight is 359 g/mol. The van der Waals surface area contributed by atoms with E-state index in [1.807, 2.05) is 18.2 Å². The van der Waals surface area contributed by atoms with E-state index >= 15 is 0 Å². The van der Waals surface area contributed by atoms with Crippen LogP contribution in [0, 0.1) is 13.8 Å². The maximum absolute atomic E-state index is 12.3. The molecule has 0 N–H and O–H groups in total. The Morgan fingerprint density at radius 2 is 1.89 bits per heavy atom. The molecule has 1 aromatic carbocycles. The van der Waals surface area contributed by atoms with E-state index in [0.717, 1.165) is 11.3 Å². The van der Waals surface area contributed by atoms with Crippen LogP contribution < -0.4 is 0 Å². The molecule has 3 heterocycles. The number of amides is 1. The van der Waals surface area contributed by atoms with Crippen molar-refractivity contribution in [3.63, 3.8) is 0 Å². The molecule has 6 heteroatoms. The van der Waals surface area contributed by atoms with Crippen molar-refractivity contribution in [1.29, 1.82) is 0 Å². The fraction of sp³-hybridized carbons (Fsp3) is 0.238. The zero-order valence-corrected chi connectivity index (χ0v) is 15.4. The van der Waals surface area contributed by atoms with Gasteiger partial charge in [-0.3, -0.25) is 9.78 Å². The number of pyridine rings is 1. The summed E-state index contributed by atoms with van der Waals surface area (Å²) in [6.07, 6.45) is 6.59. The molecule has 0 atom stereocenters. The van der Waals surface area contributed by atoms with Crippen LogP contribution in [0.5, 0.6) is 0 Å². The number of hydrogen-bond acceptors (Lipinski definition) is 4. The zero-order valence-electron chi connectivity index (χ0n) is 15.4. The number of nitrogens with zero attached hydrogens (tertiary/aromatic N) is 5. The van der Waals surface area contributed by atoms with Crippen LogP contribution in [-0.4, -0.2) is 43.6 Å². The van der Waals surface area contributed by atoms with Crippen LogP contribution in [0.4, 0.5) is 0 Å². The van der Waals surface area contributed by atoms with Crippen LogP contribution in [0.3, 0.4) is 0 Å². The topological polar surface area (TPSA) is 63.9 Å². The Morgan fingerprint density at radius 1 is 1.11 bits per heavy atom. The Labute approximate surface area is 158 Å². The Balaban J connectivity index is 1.38. The minimum atomic E-state index is -0.0226. The van der Waals surface area contributed by atoms with Crippen molar-refractivity contribution in [2.45, 2.75) is 19.8 Å². The van der Waals surface area contributed by atoms with Gasteiger partial charge in [0, 0.05) is 48.7 Å². The molecule has 1 amide bonds. The first-order valence-corrected chi connectivity index (χ1v) is 8.96. The second-order valence-corrected chi connectivity index (χ2v) is 6.94. The molecule has 0 bridgehead atoms. The Bertz CT molecular complexity index is 967. The monoisotopic (exact) mass is 359 g/mol. The molecular formula is C21H21N5O. The van der Waals surface area contributed by atoms with Gasteiger partial charge in [-0.05, 0) is 38.1 Å². The van der Waals surface area contributed by atoms with Gasteiger partial charge in [-0.15, -0.1) is 5.10 Å². The maximum atomic E-state index is 12.3. The van der Waals surface area contributed by atoms with Crippen LogP contribution >= 0.6 is 0 Å². The molecule has 136 valence electrons. The third-order valence-corrected chi connectivity index (χ3v) is 4.66. The van der Waals surface area contributed by atoms with Gasteiger partial charge in [-0.25, -0.2) is 9.67 Å². The molecule has 1 saturated heterocycles. The highest BCUT2D eigenvalue weighted by molar-refractivity contribution is 5.90. The van der Waals surface area contributed by atoms with Crippen molar-refractivity contribution < 1.29 is 4.79 Å². The SMILES string of the molecule is Cc1cc(C)cc(-c2ncn(/C=C\C(=O)N3CC(c4ccccn4)C3)n2)c1. The van der Waals surface area contributed by atoms with Crippen LogP contribution in [0.25, 0.3) is 17.6 Å². The molecule has 2 aromatic heterocycles. The largest absolute Gasteiger partial charge is 0.338 e. The first kappa shape index (κ1) is 17.1. The molecule has 4 rings (SSSR count). The zero-order chi connectivity index (χ0) is 18.8. The number of benzene rings is 1. The lowest BCUT2D eigenvalue weighted by Gasteiger charge is -2.38. The minimum absolute atomic E-state index is 0.0226. The van der Waals surface area contributed by atoms with Gasteiger partial charge in [0.1, 0.15) is 6.33 Å². The fourth-order valence-electron chi connectivity index (χ4n) is 3.29. The second-order valence-electron chi connectivity index (χ2n) is 6.94. The highest BCUT2D eigenvalue weighted by atomic mass is 16.2. The first-order chi connectivity index (χ1) is 13.1. The lowest BCUT2D eigenvalue weighted by Crippen LogP contribution is -2.48. The van der Waals surface area contributed by atoms with Crippen molar-refractivity contribution >= 4 is 12.1 Å². The van der Waals surface area contributed by atoms with Gasteiger partial charge in [0.25, 0.3) is 0 Å². The Hall–Kier alpha value is -3.28. The average Bonchev–Trinajstić information content (AvgIpc) is 3.08. The Kier molecular flexibility index (Phi) is 4.54. The van der Waals surface area contributed by atoms with Gasteiger partial charge in [0.05, 0.1) is 0 Å². The normalized spacial score (nSPS) is 14.5. The number of carbonyl (C=O) groups excluding carboxylic acids is 1. The predicted molar refractivity (Wildman–Crippen MR) is 104 cm³/mol. The summed E-state index contributed by atoms with van der Waals surface area (Å²) in [6.45, 7) is 5.51. The summed E-state index contributed by atoms with van der Waals surface area (Å²) >= 11 is 0. The smallest absolute Gasteiger partial charge is 0.248 e. The molecule has 0 saturated carbocycles. The van der Waals surface area contributed by atoms with Gasteiger partial charge >= 0.3 is 0 Å². The van der Waals surface area contributed by atoms with Gasteiger partial charge < -0.3 is 4.90 Å². The molecular weight excluding hydrogens is 338 g/mol. The van der Waals surface area contributed by atoms with E-state index in [1.165, 1.54) is 17.2 Å². The summed E-state index contributed by atoms with van der Waals surface area (Å²) < 4.78 is 1.57. The number of hydrogen-bond donors (Lipinski definition) is 0. The van der Waals surface area contributed by atoms with Crippen molar-refractivity contribution in [1.82, 2.24) is 24.6 Å². The summed E-state index contributed by atoms with van der Waals surface area (Å²) in [6, 6.07) is 12.1. The van der Waals surface area contributed by atoms with Gasteiger partial charge in [0.15, 0.2) is 5.82 Å². The van der Waals surface area contributed by atoms with Crippen LogP contribution in [0.2, 0.25) is 0 Å². The summed E-state index contributed by atoms with van der Waals surface area (Å²) in [7, 11) is 0. The third-order valence-electron chi connectivity index (χ3n) is 4.66. The lowest BCUT2D eigenvalue weighted by atomic mass is 9.96. The molecule has 6 nitrogen and oxygen atoms in total. The fourth-order valence-corrected chi connectivity index (χ4v) is 3.29. The first-order valence-electron chi connectivity index (χ1n) is 8.96. The molecule has 1 aliphatic heterocycles. The number of rotatable bonds is 4. The Morgan fingerprint density at radius 3 is 2.59 bits per heavy atom. The number of aromatic nitrogens is 4. The van der Waals surface area contributed by atoms with Crippen LogP contribution in [-0.2, 0) is 4.79 Å². The minimum Gasteiger partial charge on any atom is -0.338 e. The molecule has 0 unspecified atom stereocenters.